The highest BCUT2D eigenvalue weighted by Gasteiger charge is 2.37. The number of likely N-dealkylation sites (tertiary alicyclic amines) is 1. The second-order valence-electron chi connectivity index (χ2n) is 5.32. The highest BCUT2D eigenvalue weighted by molar-refractivity contribution is 5.97. The van der Waals surface area contributed by atoms with E-state index < -0.39 is 12.0 Å². The van der Waals surface area contributed by atoms with Gasteiger partial charge in [0.15, 0.2) is 0 Å². The molecular weight excluding hydrogens is 274 g/mol. The Kier molecular flexibility index (Phi) is 4.47. The fourth-order valence-corrected chi connectivity index (χ4v) is 2.67. The third-order valence-corrected chi connectivity index (χ3v) is 3.76. The summed E-state index contributed by atoms with van der Waals surface area (Å²) in [6.45, 7) is 2.15. The molecule has 114 valence electrons. The van der Waals surface area contributed by atoms with Gasteiger partial charge in [0.2, 0.25) is 0 Å². The van der Waals surface area contributed by atoms with Crippen LogP contribution in [0.4, 0.5) is 0 Å². The van der Waals surface area contributed by atoms with Crippen LogP contribution in [0.1, 0.15) is 28.8 Å². The van der Waals surface area contributed by atoms with Gasteiger partial charge in [0, 0.05) is 19.7 Å². The molecule has 2 N–H and O–H groups in total. The van der Waals surface area contributed by atoms with Crippen LogP contribution >= 0.6 is 0 Å². The lowest BCUT2D eigenvalue weighted by atomic mass is 10.1. The Labute approximate surface area is 122 Å². The van der Waals surface area contributed by atoms with Gasteiger partial charge in [-0.1, -0.05) is 6.07 Å². The van der Waals surface area contributed by atoms with Crippen LogP contribution in [0.15, 0.2) is 18.2 Å². The molecule has 1 saturated heterocycles. The number of carboxylic acids is 1. The molecule has 0 aliphatic carbocycles. The van der Waals surface area contributed by atoms with Crippen LogP contribution in [-0.2, 0) is 9.53 Å². The molecule has 0 saturated carbocycles. The first-order valence-electron chi connectivity index (χ1n) is 6.77. The van der Waals surface area contributed by atoms with Crippen LogP contribution in [0.2, 0.25) is 0 Å². The van der Waals surface area contributed by atoms with E-state index in [1.807, 2.05) is 6.92 Å². The number of phenols is 1. The lowest BCUT2D eigenvalue weighted by molar-refractivity contribution is -0.137. The Balaban J connectivity index is 2.24. The molecule has 2 unspecified atom stereocenters. The summed E-state index contributed by atoms with van der Waals surface area (Å²) in [6.07, 6.45) is 0.185. The van der Waals surface area contributed by atoms with E-state index in [4.69, 9.17) is 9.84 Å². The first-order chi connectivity index (χ1) is 9.92. The summed E-state index contributed by atoms with van der Waals surface area (Å²) in [5.74, 6) is -1.41. The number of rotatable bonds is 4. The number of carbonyl (C=O) groups is 2. The van der Waals surface area contributed by atoms with E-state index in [2.05, 4.69) is 0 Å². The highest BCUT2D eigenvalue weighted by atomic mass is 16.5. The van der Waals surface area contributed by atoms with Gasteiger partial charge in [-0.15, -0.1) is 0 Å². The maximum atomic E-state index is 12.5. The first kappa shape index (κ1) is 15.3. The van der Waals surface area contributed by atoms with Gasteiger partial charge >= 0.3 is 5.97 Å². The lowest BCUT2D eigenvalue weighted by Crippen LogP contribution is -2.37. The minimum absolute atomic E-state index is 0.0880. The van der Waals surface area contributed by atoms with Crippen molar-refractivity contribution in [2.45, 2.75) is 31.9 Å². The van der Waals surface area contributed by atoms with Crippen LogP contribution in [-0.4, -0.2) is 52.8 Å². The minimum Gasteiger partial charge on any atom is -0.507 e. The summed E-state index contributed by atoms with van der Waals surface area (Å²) in [5, 5.41) is 18.9. The Morgan fingerprint density at radius 2 is 2.14 bits per heavy atom. The Morgan fingerprint density at radius 1 is 1.43 bits per heavy atom. The van der Waals surface area contributed by atoms with Gasteiger partial charge < -0.3 is 19.8 Å². The van der Waals surface area contributed by atoms with Crippen molar-refractivity contribution in [3.63, 3.8) is 0 Å². The number of ether oxygens (including phenoxy) is 1. The van der Waals surface area contributed by atoms with Gasteiger partial charge in [0.1, 0.15) is 5.75 Å². The molecule has 1 aromatic rings. The molecule has 0 bridgehead atoms. The SMILES string of the molecule is COC1CC(CC(=O)O)N(C(=O)c2ccc(C)cc2O)C1. The van der Waals surface area contributed by atoms with Crippen molar-refractivity contribution < 1.29 is 24.5 Å². The average Bonchev–Trinajstić information content (AvgIpc) is 2.80. The molecule has 0 aromatic heterocycles. The van der Waals surface area contributed by atoms with Crippen molar-refractivity contribution in [1.29, 1.82) is 0 Å². The predicted octanol–water partition coefficient (Wildman–Crippen LogP) is 1.40. The second-order valence-corrected chi connectivity index (χ2v) is 5.32. The number of carbonyl (C=O) groups excluding carboxylic acids is 1. The summed E-state index contributed by atoms with van der Waals surface area (Å²) in [6, 6.07) is 4.40. The van der Waals surface area contributed by atoms with E-state index in [1.165, 1.54) is 11.0 Å². The van der Waals surface area contributed by atoms with Gasteiger partial charge in [-0.3, -0.25) is 9.59 Å². The van der Waals surface area contributed by atoms with Crippen molar-refractivity contribution in [2.24, 2.45) is 0 Å². The van der Waals surface area contributed by atoms with E-state index >= 15 is 0 Å². The fraction of sp³-hybridized carbons (Fsp3) is 0.467. The monoisotopic (exact) mass is 293 g/mol. The zero-order valence-corrected chi connectivity index (χ0v) is 12.1. The number of aryl methyl sites for hydroxylation is 1. The quantitative estimate of drug-likeness (QED) is 0.876. The maximum Gasteiger partial charge on any atom is 0.305 e. The van der Waals surface area contributed by atoms with Gasteiger partial charge in [-0.05, 0) is 31.0 Å². The van der Waals surface area contributed by atoms with Gasteiger partial charge in [0.25, 0.3) is 5.91 Å². The molecule has 1 aliphatic heterocycles. The number of phenolic OH excluding ortho intramolecular Hbond substituents is 1. The number of methoxy groups -OCH3 is 1. The van der Waals surface area contributed by atoms with E-state index in [0.717, 1.165) is 5.56 Å². The molecule has 2 rings (SSSR count). The van der Waals surface area contributed by atoms with Crippen LogP contribution in [0.5, 0.6) is 5.75 Å². The molecule has 1 aliphatic rings. The standard InChI is InChI=1S/C15H19NO5/c1-9-3-4-12(13(17)5-9)15(20)16-8-11(21-2)6-10(16)7-14(18)19/h3-5,10-11,17H,6-8H2,1-2H3,(H,18,19). The summed E-state index contributed by atoms with van der Waals surface area (Å²) in [5.41, 5.74) is 1.04. The van der Waals surface area contributed by atoms with E-state index in [0.29, 0.717) is 13.0 Å². The number of aliphatic carboxylic acids is 1. The van der Waals surface area contributed by atoms with Gasteiger partial charge in [0.05, 0.1) is 18.1 Å². The van der Waals surface area contributed by atoms with Crippen LogP contribution in [0.3, 0.4) is 0 Å². The summed E-state index contributed by atoms with van der Waals surface area (Å²) in [7, 11) is 1.54. The fourth-order valence-electron chi connectivity index (χ4n) is 2.67. The van der Waals surface area contributed by atoms with Gasteiger partial charge in [-0.25, -0.2) is 0 Å². The Morgan fingerprint density at radius 3 is 2.71 bits per heavy atom. The molecule has 2 atom stereocenters. The summed E-state index contributed by atoms with van der Waals surface area (Å²) in [4.78, 5) is 25.0. The third kappa shape index (κ3) is 3.33. The zero-order valence-electron chi connectivity index (χ0n) is 12.1. The molecule has 1 heterocycles. The molecule has 1 aromatic carbocycles. The zero-order chi connectivity index (χ0) is 15.6. The molecular formula is C15H19NO5. The number of hydrogen-bond acceptors (Lipinski definition) is 4. The molecule has 6 heteroatoms. The average molecular weight is 293 g/mol. The van der Waals surface area contributed by atoms with Crippen molar-refractivity contribution in [2.75, 3.05) is 13.7 Å². The number of benzene rings is 1. The Bertz CT molecular complexity index is 557. The van der Waals surface area contributed by atoms with E-state index in [-0.39, 0.29) is 29.7 Å². The number of amides is 1. The van der Waals surface area contributed by atoms with E-state index in [9.17, 15) is 14.7 Å². The molecule has 0 radical (unpaired) electrons. The van der Waals surface area contributed by atoms with Crippen LogP contribution < -0.4 is 0 Å². The highest BCUT2D eigenvalue weighted by Crippen LogP contribution is 2.28. The van der Waals surface area contributed by atoms with Crippen molar-refractivity contribution >= 4 is 11.9 Å². The number of carboxylic acid groups (broad SMARTS) is 1. The summed E-state index contributed by atoms with van der Waals surface area (Å²) >= 11 is 0. The lowest BCUT2D eigenvalue weighted by Gasteiger charge is -2.23. The Hall–Kier alpha value is -2.08. The predicted molar refractivity (Wildman–Crippen MR) is 75.3 cm³/mol. The molecule has 6 nitrogen and oxygen atoms in total. The van der Waals surface area contributed by atoms with Crippen LogP contribution in [0.25, 0.3) is 0 Å². The minimum atomic E-state index is -0.956. The van der Waals surface area contributed by atoms with Crippen molar-refractivity contribution in [1.82, 2.24) is 4.90 Å². The first-order valence-corrected chi connectivity index (χ1v) is 6.77. The largest absolute Gasteiger partial charge is 0.507 e. The smallest absolute Gasteiger partial charge is 0.305 e. The summed E-state index contributed by atoms with van der Waals surface area (Å²) < 4.78 is 5.24. The maximum absolute atomic E-state index is 12.5. The number of hydrogen-bond donors (Lipinski definition) is 2. The molecule has 0 spiro atoms. The topological polar surface area (TPSA) is 87.1 Å². The van der Waals surface area contributed by atoms with Gasteiger partial charge in [-0.2, -0.15) is 0 Å². The number of nitrogens with zero attached hydrogens (tertiary/aromatic N) is 1. The normalized spacial score (nSPS) is 21.5. The molecule has 1 fully saturated rings. The number of aromatic hydroxyl groups is 1. The molecule has 1 amide bonds. The second kappa shape index (κ2) is 6.13. The third-order valence-electron chi connectivity index (χ3n) is 3.76. The van der Waals surface area contributed by atoms with Crippen molar-refractivity contribution in [3.8, 4) is 5.75 Å². The van der Waals surface area contributed by atoms with Crippen LogP contribution in [0, 0.1) is 6.92 Å². The van der Waals surface area contributed by atoms with Crippen molar-refractivity contribution in [3.05, 3.63) is 29.3 Å². The van der Waals surface area contributed by atoms with E-state index in [1.54, 1.807) is 19.2 Å². The molecule has 21 heavy (non-hydrogen) atoms.